The third-order valence-corrected chi connectivity index (χ3v) is 5.39. The molecule has 0 aromatic heterocycles. The molecule has 0 atom stereocenters. The first-order valence-electron chi connectivity index (χ1n) is 6.98. The molecule has 2 aromatic carbocycles. The smallest absolute Gasteiger partial charge is 0.269 e. The average molecular weight is 406 g/mol. The Morgan fingerprint density at radius 2 is 1.44 bits per heavy atom. The lowest BCUT2D eigenvalue weighted by molar-refractivity contribution is -0.384. The van der Waals surface area contributed by atoms with E-state index in [4.69, 9.17) is 0 Å². The van der Waals surface area contributed by atoms with Gasteiger partial charge in [-0.2, -0.15) is 0 Å². The minimum atomic E-state index is -4.89. The Morgan fingerprint density at radius 1 is 0.963 bits per heavy atom. The molecule has 0 aliphatic rings. The van der Waals surface area contributed by atoms with E-state index in [-0.39, 0.29) is 0 Å². The van der Waals surface area contributed by atoms with E-state index < -0.39 is 65.7 Å². The molecule has 2 rings (SSSR count). The number of ketones is 1. The second-order valence-electron chi connectivity index (χ2n) is 5.38. The minimum Gasteiger partial charge on any atom is -0.288 e. The lowest BCUT2D eigenvalue weighted by atomic mass is 10.0. The van der Waals surface area contributed by atoms with Gasteiger partial charge in [0.15, 0.2) is 29.1 Å². The monoisotopic (exact) mass is 406 g/mol. The molecule has 0 heterocycles. The number of hydrogen-bond acceptors (Lipinski definition) is 5. The van der Waals surface area contributed by atoms with Crippen molar-refractivity contribution in [1.29, 1.82) is 0 Å². The maximum atomic E-state index is 14.2. The summed E-state index contributed by atoms with van der Waals surface area (Å²) in [5, 5.41) is 10.6. The van der Waals surface area contributed by atoms with Crippen molar-refractivity contribution in [1.82, 2.24) is 4.31 Å². The molecule has 0 spiro atoms. The highest BCUT2D eigenvalue weighted by atomic mass is 32.2. The molecule has 2 aromatic rings. The molecule has 12 heteroatoms. The summed E-state index contributed by atoms with van der Waals surface area (Å²) in [6.07, 6.45) is 0. The zero-order valence-corrected chi connectivity index (χ0v) is 14.5. The van der Waals surface area contributed by atoms with E-state index in [9.17, 15) is 40.9 Å². The summed E-state index contributed by atoms with van der Waals surface area (Å²) in [6.45, 7) is 0. The largest absolute Gasteiger partial charge is 0.288 e. The van der Waals surface area contributed by atoms with Crippen LogP contribution in [0.5, 0.6) is 0 Å². The number of hydrogen-bond donors (Lipinski definition) is 0. The SMILES string of the molecule is CN(C)S(=O)(=O)c1c(F)c(F)c(F)c(F)c1C(=O)c1ccc([N+](=O)[O-])cc1. The first-order chi connectivity index (χ1) is 12.4. The third kappa shape index (κ3) is 3.40. The van der Waals surface area contributed by atoms with Crippen LogP contribution >= 0.6 is 0 Å². The van der Waals surface area contributed by atoms with Crippen molar-refractivity contribution in [2.45, 2.75) is 4.90 Å². The Kier molecular flexibility index (Phi) is 5.33. The number of carbonyl (C=O) groups excluding carboxylic acids is 1. The van der Waals surface area contributed by atoms with E-state index in [0.29, 0.717) is 4.31 Å². The molecule has 0 aliphatic heterocycles. The molecule has 144 valence electrons. The van der Waals surface area contributed by atoms with Crippen LogP contribution in [-0.2, 0) is 10.0 Å². The first kappa shape index (κ1) is 20.5. The molecule has 0 saturated heterocycles. The number of non-ortho nitro benzene ring substituents is 1. The van der Waals surface area contributed by atoms with Crippen LogP contribution in [0.1, 0.15) is 15.9 Å². The number of nitrogens with zero attached hydrogens (tertiary/aromatic N) is 2. The second-order valence-corrected chi connectivity index (χ2v) is 7.47. The molecule has 0 amide bonds. The summed E-state index contributed by atoms with van der Waals surface area (Å²) in [7, 11) is -3.07. The maximum absolute atomic E-state index is 14.2. The van der Waals surface area contributed by atoms with Gasteiger partial charge in [-0.1, -0.05) is 0 Å². The molecule has 27 heavy (non-hydrogen) atoms. The number of sulfonamides is 1. The predicted molar refractivity (Wildman–Crippen MR) is 83.7 cm³/mol. The molecular weight excluding hydrogens is 396 g/mol. The molecule has 0 radical (unpaired) electrons. The minimum absolute atomic E-state index is 0.384. The van der Waals surface area contributed by atoms with Crippen LogP contribution < -0.4 is 0 Å². The highest BCUT2D eigenvalue weighted by Crippen LogP contribution is 2.31. The normalized spacial score (nSPS) is 11.7. The van der Waals surface area contributed by atoms with Gasteiger partial charge in [-0.3, -0.25) is 14.9 Å². The van der Waals surface area contributed by atoms with E-state index in [1.165, 1.54) is 0 Å². The highest BCUT2D eigenvalue weighted by molar-refractivity contribution is 7.89. The topological polar surface area (TPSA) is 97.6 Å². The summed E-state index contributed by atoms with van der Waals surface area (Å²) in [5.41, 5.74) is -2.49. The van der Waals surface area contributed by atoms with Gasteiger partial charge in [-0.05, 0) is 12.1 Å². The molecule has 0 fully saturated rings. The Bertz CT molecular complexity index is 1050. The Hall–Kier alpha value is -2.86. The van der Waals surface area contributed by atoms with Crippen LogP contribution in [0.3, 0.4) is 0 Å². The predicted octanol–water partition coefficient (Wildman–Crippen LogP) is 2.63. The molecule has 0 unspecified atom stereocenters. The van der Waals surface area contributed by atoms with Crippen LogP contribution in [0.15, 0.2) is 29.2 Å². The maximum Gasteiger partial charge on any atom is 0.269 e. The molecule has 0 N–H and O–H groups in total. The van der Waals surface area contributed by atoms with Crippen molar-refractivity contribution >= 4 is 21.5 Å². The van der Waals surface area contributed by atoms with E-state index >= 15 is 0 Å². The van der Waals surface area contributed by atoms with Gasteiger partial charge < -0.3 is 0 Å². The molecule has 7 nitrogen and oxygen atoms in total. The summed E-state index contributed by atoms with van der Waals surface area (Å²) in [6, 6.07) is 3.37. The lowest BCUT2D eigenvalue weighted by Crippen LogP contribution is -2.27. The van der Waals surface area contributed by atoms with Crippen molar-refractivity contribution in [3.63, 3.8) is 0 Å². The van der Waals surface area contributed by atoms with Crippen LogP contribution in [0.2, 0.25) is 0 Å². The van der Waals surface area contributed by atoms with Gasteiger partial charge in [-0.15, -0.1) is 0 Å². The van der Waals surface area contributed by atoms with E-state index in [1.807, 2.05) is 0 Å². The fourth-order valence-electron chi connectivity index (χ4n) is 2.12. The van der Waals surface area contributed by atoms with Crippen molar-refractivity contribution in [3.05, 3.63) is 68.8 Å². The zero-order chi connectivity index (χ0) is 20.7. The Morgan fingerprint density at radius 3 is 1.89 bits per heavy atom. The van der Waals surface area contributed by atoms with E-state index in [1.54, 1.807) is 0 Å². The molecule has 0 saturated carbocycles. The van der Waals surface area contributed by atoms with E-state index in [2.05, 4.69) is 0 Å². The van der Waals surface area contributed by atoms with Gasteiger partial charge in [0.25, 0.3) is 5.69 Å². The quantitative estimate of drug-likeness (QED) is 0.190. The lowest BCUT2D eigenvalue weighted by Gasteiger charge is -2.17. The second kappa shape index (κ2) is 7.04. The standard InChI is InChI=1S/C15H10F4N2O5S/c1-20(2)27(25,26)15-9(10(16)11(17)12(18)13(15)19)14(22)7-3-5-8(6-4-7)21(23)24/h3-6H,1-2H3. The fourth-order valence-corrected chi connectivity index (χ4v) is 3.24. The van der Waals surface area contributed by atoms with Gasteiger partial charge in [0.2, 0.25) is 10.0 Å². The van der Waals surface area contributed by atoms with E-state index in [0.717, 1.165) is 38.4 Å². The number of halogens is 4. The van der Waals surface area contributed by atoms with Crippen molar-refractivity contribution in [2.75, 3.05) is 14.1 Å². The van der Waals surface area contributed by atoms with Crippen molar-refractivity contribution in [2.24, 2.45) is 0 Å². The Labute approximate surface area is 150 Å². The molecule has 0 aliphatic carbocycles. The van der Waals surface area contributed by atoms with Crippen LogP contribution in [0, 0.1) is 33.4 Å². The van der Waals surface area contributed by atoms with Gasteiger partial charge in [0.1, 0.15) is 4.90 Å². The third-order valence-electron chi connectivity index (χ3n) is 3.53. The average Bonchev–Trinajstić information content (AvgIpc) is 2.61. The van der Waals surface area contributed by atoms with Crippen molar-refractivity contribution in [3.8, 4) is 0 Å². The number of nitro groups is 1. The number of nitro benzene ring substituents is 1. The van der Waals surface area contributed by atoms with Gasteiger partial charge in [-0.25, -0.2) is 30.3 Å². The van der Waals surface area contributed by atoms with Gasteiger partial charge in [0.05, 0.1) is 10.5 Å². The van der Waals surface area contributed by atoms with Crippen LogP contribution in [0.4, 0.5) is 23.2 Å². The fraction of sp³-hybridized carbons (Fsp3) is 0.133. The number of carbonyl (C=O) groups is 1. The highest BCUT2D eigenvalue weighted by Gasteiger charge is 2.37. The van der Waals surface area contributed by atoms with Crippen LogP contribution in [-0.4, -0.2) is 37.5 Å². The zero-order valence-electron chi connectivity index (χ0n) is 13.7. The van der Waals surface area contributed by atoms with Crippen LogP contribution in [0.25, 0.3) is 0 Å². The summed E-state index contributed by atoms with van der Waals surface area (Å²) < 4.78 is 80.5. The van der Waals surface area contributed by atoms with Gasteiger partial charge >= 0.3 is 0 Å². The Balaban J connectivity index is 2.82. The summed E-state index contributed by atoms with van der Waals surface area (Å²) in [5.74, 6) is -10.7. The summed E-state index contributed by atoms with van der Waals surface area (Å²) >= 11 is 0. The molecule has 0 bridgehead atoms. The summed E-state index contributed by atoms with van der Waals surface area (Å²) in [4.78, 5) is 20.7. The number of rotatable bonds is 5. The first-order valence-corrected chi connectivity index (χ1v) is 8.42. The molecular formula is C15H10F4N2O5S. The van der Waals surface area contributed by atoms with Crippen molar-refractivity contribution < 1.29 is 35.7 Å². The number of benzene rings is 2. The van der Waals surface area contributed by atoms with Gasteiger partial charge in [0, 0.05) is 31.8 Å².